The van der Waals surface area contributed by atoms with Gasteiger partial charge in [0.25, 0.3) is 0 Å². The second-order valence-electron chi connectivity index (χ2n) is 5.51. The molecule has 1 aliphatic rings. The normalized spacial score (nSPS) is 26.3. The van der Waals surface area contributed by atoms with Gasteiger partial charge in [0, 0.05) is 51.5 Å². The Balaban J connectivity index is 2.51. The fourth-order valence-electron chi connectivity index (χ4n) is 2.65. The molecule has 1 rings (SSSR count). The van der Waals surface area contributed by atoms with Crippen LogP contribution in [0.25, 0.3) is 0 Å². The Hall–Kier alpha value is -0.160. The van der Waals surface area contributed by atoms with E-state index in [1.807, 2.05) is 0 Å². The first-order valence-corrected chi connectivity index (χ1v) is 6.70. The molecule has 0 bridgehead atoms. The molecule has 1 fully saturated rings. The predicted molar refractivity (Wildman–Crippen MR) is 72.2 cm³/mol. The lowest BCUT2D eigenvalue weighted by Gasteiger charge is -2.38. The summed E-state index contributed by atoms with van der Waals surface area (Å²) in [5.41, 5.74) is 6.22. The molecular formula is C13H29N3O. The van der Waals surface area contributed by atoms with Crippen molar-refractivity contribution in [1.29, 1.82) is 0 Å². The summed E-state index contributed by atoms with van der Waals surface area (Å²) in [6, 6.07) is 0.621. The van der Waals surface area contributed by atoms with Gasteiger partial charge in [-0.3, -0.25) is 9.80 Å². The lowest BCUT2D eigenvalue weighted by molar-refractivity contribution is 0.106. The molecule has 1 aliphatic heterocycles. The summed E-state index contributed by atoms with van der Waals surface area (Å²) in [7, 11) is 3.96. The second-order valence-corrected chi connectivity index (χ2v) is 5.51. The lowest BCUT2D eigenvalue weighted by atomic mass is 9.96. The number of nitrogens with two attached hydrogens (primary N) is 1. The van der Waals surface area contributed by atoms with Crippen molar-refractivity contribution in [2.75, 3.05) is 46.9 Å². The van der Waals surface area contributed by atoms with E-state index in [0.29, 0.717) is 6.04 Å². The van der Waals surface area contributed by atoms with Crippen LogP contribution in [0.3, 0.4) is 0 Å². The molecule has 1 saturated heterocycles. The Kier molecular flexibility index (Phi) is 5.86. The van der Waals surface area contributed by atoms with Gasteiger partial charge in [-0.1, -0.05) is 0 Å². The number of rotatable bonds is 7. The highest BCUT2D eigenvalue weighted by Gasteiger charge is 2.40. The topological polar surface area (TPSA) is 41.7 Å². The monoisotopic (exact) mass is 243 g/mol. The first-order chi connectivity index (χ1) is 8.05. The summed E-state index contributed by atoms with van der Waals surface area (Å²) in [5, 5.41) is 0. The number of likely N-dealkylation sites (N-methyl/N-ethyl adjacent to an activating group) is 1. The highest BCUT2D eigenvalue weighted by molar-refractivity contribution is 4.99. The van der Waals surface area contributed by atoms with Crippen LogP contribution in [-0.4, -0.2) is 68.3 Å². The van der Waals surface area contributed by atoms with Crippen LogP contribution in [0, 0.1) is 0 Å². The quantitative estimate of drug-likeness (QED) is 0.671. The zero-order valence-electron chi connectivity index (χ0n) is 11.9. The summed E-state index contributed by atoms with van der Waals surface area (Å²) in [5.74, 6) is 0. The van der Waals surface area contributed by atoms with E-state index in [-0.39, 0.29) is 5.54 Å². The predicted octanol–water partition coefficient (Wildman–Crippen LogP) is 0.766. The van der Waals surface area contributed by atoms with Crippen molar-refractivity contribution in [3.63, 3.8) is 0 Å². The summed E-state index contributed by atoms with van der Waals surface area (Å²) in [4.78, 5) is 4.97. The van der Waals surface area contributed by atoms with Crippen LogP contribution in [0.1, 0.15) is 26.7 Å². The van der Waals surface area contributed by atoms with E-state index < -0.39 is 0 Å². The molecule has 0 spiro atoms. The minimum absolute atomic E-state index is 0.179. The molecule has 0 aromatic carbocycles. The van der Waals surface area contributed by atoms with Gasteiger partial charge in [0.1, 0.15) is 0 Å². The largest absolute Gasteiger partial charge is 0.385 e. The molecule has 4 nitrogen and oxygen atoms in total. The summed E-state index contributed by atoms with van der Waals surface area (Å²) in [6.45, 7) is 9.44. The average Bonchev–Trinajstić information content (AvgIpc) is 2.75. The zero-order valence-corrected chi connectivity index (χ0v) is 11.9. The van der Waals surface area contributed by atoms with Crippen molar-refractivity contribution in [1.82, 2.24) is 9.80 Å². The SMILES string of the molecule is COCCCN(C)C1(CN)CCN(C(C)C)C1. The fraction of sp³-hybridized carbons (Fsp3) is 1.00. The van der Waals surface area contributed by atoms with Crippen LogP contribution in [0.2, 0.25) is 0 Å². The molecule has 102 valence electrons. The van der Waals surface area contributed by atoms with Crippen LogP contribution in [0.4, 0.5) is 0 Å². The standard InChI is InChI=1S/C13H29N3O/c1-12(2)16-8-6-13(10-14,11-16)15(3)7-5-9-17-4/h12H,5-11,14H2,1-4H3. The van der Waals surface area contributed by atoms with Gasteiger partial charge in [-0.2, -0.15) is 0 Å². The zero-order chi connectivity index (χ0) is 12.9. The Bertz CT molecular complexity index is 223. The van der Waals surface area contributed by atoms with E-state index in [4.69, 9.17) is 10.5 Å². The van der Waals surface area contributed by atoms with Crippen molar-refractivity contribution in [3.05, 3.63) is 0 Å². The van der Waals surface area contributed by atoms with E-state index in [1.54, 1.807) is 7.11 Å². The van der Waals surface area contributed by atoms with Gasteiger partial charge in [0.2, 0.25) is 0 Å². The number of nitrogens with zero attached hydrogens (tertiary/aromatic N) is 2. The minimum Gasteiger partial charge on any atom is -0.385 e. The summed E-state index contributed by atoms with van der Waals surface area (Å²) >= 11 is 0. The molecule has 17 heavy (non-hydrogen) atoms. The number of hydrogen-bond acceptors (Lipinski definition) is 4. The third kappa shape index (κ3) is 3.65. The third-order valence-corrected chi connectivity index (χ3v) is 4.12. The Morgan fingerprint density at radius 3 is 2.65 bits per heavy atom. The molecule has 0 aromatic rings. The lowest BCUT2D eigenvalue weighted by Crippen LogP contribution is -2.54. The Labute approximate surface area is 106 Å². The second kappa shape index (κ2) is 6.69. The van der Waals surface area contributed by atoms with E-state index in [2.05, 4.69) is 30.7 Å². The van der Waals surface area contributed by atoms with Gasteiger partial charge in [0.05, 0.1) is 0 Å². The molecule has 4 heteroatoms. The number of hydrogen-bond donors (Lipinski definition) is 1. The number of ether oxygens (including phenoxy) is 1. The Morgan fingerprint density at radius 2 is 2.18 bits per heavy atom. The van der Waals surface area contributed by atoms with E-state index in [1.165, 1.54) is 13.0 Å². The molecule has 0 amide bonds. The first-order valence-electron chi connectivity index (χ1n) is 6.70. The smallest absolute Gasteiger partial charge is 0.0474 e. The van der Waals surface area contributed by atoms with Crippen LogP contribution in [-0.2, 0) is 4.74 Å². The average molecular weight is 243 g/mol. The molecule has 1 unspecified atom stereocenters. The molecular weight excluding hydrogens is 214 g/mol. The van der Waals surface area contributed by atoms with E-state index in [0.717, 1.165) is 32.7 Å². The number of likely N-dealkylation sites (tertiary alicyclic amines) is 1. The van der Waals surface area contributed by atoms with Gasteiger partial charge in [-0.25, -0.2) is 0 Å². The molecule has 0 saturated carbocycles. The summed E-state index contributed by atoms with van der Waals surface area (Å²) < 4.78 is 5.11. The van der Waals surface area contributed by atoms with Crippen molar-refractivity contribution >= 4 is 0 Å². The van der Waals surface area contributed by atoms with Crippen LogP contribution >= 0.6 is 0 Å². The van der Waals surface area contributed by atoms with Gasteiger partial charge in [0.15, 0.2) is 0 Å². The van der Waals surface area contributed by atoms with Crippen molar-refractivity contribution < 1.29 is 4.74 Å². The molecule has 2 N–H and O–H groups in total. The van der Waals surface area contributed by atoms with E-state index >= 15 is 0 Å². The van der Waals surface area contributed by atoms with Crippen molar-refractivity contribution in [3.8, 4) is 0 Å². The van der Waals surface area contributed by atoms with Gasteiger partial charge in [-0.15, -0.1) is 0 Å². The van der Waals surface area contributed by atoms with Crippen LogP contribution < -0.4 is 5.73 Å². The molecule has 0 radical (unpaired) electrons. The summed E-state index contributed by atoms with van der Waals surface area (Å²) in [6.07, 6.45) is 2.27. The van der Waals surface area contributed by atoms with Gasteiger partial charge >= 0.3 is 0 Å². The maximum absolute atomic E-state index is 6.04. The van der Waals surface area contributed by atoms with Crippen molar-refractivity contribution in [2.24, 2.45) is 5.73 Å². The molecule has 1 heterocycles. The third-order valence-electron chi connectivity index (χ3n) is 4.12. The van der Waals surface area contributed by atoms with Crippen molar-refractivity contribution in [2.45, 2.75) is 38.3 Å². The van der Waals surface area contributed by atoms with Gasteiger partial charge in [-0.05, 0) is 33.7 Å². The number of methoxy groups -OCH3 is 1. The maximum atomic E-state index is 6.04. The minimum atomic E-state index is 0.179. The molecule has 0 aromatic heterocycles. The maximum Gasteiger partial charge on any atom is 0.0474 e. The van der Waals surface area contributed by atoms with Crippen LogP contribution in [0.5, 0.6) is 0 Å². The molecule has 1 atom stereocenters. The van der Waals surface area contributed by atoms with E-state index in [9.17, 15) is 0 Å². The van der Waals surface area contributed by atoms with Gasteiger partial charge < -0.3 is 10.5 Å². The highest BCUT2D eigenvalue weighted by Crippen LogP contribution is 2.27. The fourth-order valence-corrected chi connectivity index (χ4v) is 2.65. The first kappa shape index (κ1) is 14.9. The van der Waals surface area contributed by atoms with Crippen LogP contribution in [0.15, 0.2) is 0 Å². The Morgan fingerprint density at radius 1 is 1.47 bits per heavy atom. The molecule has 0 aliphatic carbocycles. The highest BCUT2D eigenvalue weighted by atomic mass is 16.5.